The fourth-order valence-electron chi connectivity index (χ4n) is 2.54. The van der Waals surface area contributed by atoms with E-state index in [0.717, 1.165) is 21.2 Å². The fraction of sp³-hybridized carbons (Fsp3) is 0.333. The predicted octanol–water partition coefficient (Wildman–Crippen LogP) is 3.60. The first-order valence-corrected chi connectivity index (χ1v) is 10.0. The van der Waals surface area contributed by atoms with E-state index in [4.69, 9.17) is 9.47 Å². The molecule has 0 spiro atoms. The molecule has 2 aromatic rings. The van der Waals surface area contributed by atoms with Crippen molar-refractivity contribution in [3.8, 4) is 11.5 Å². The molecule has 0 atom stereocenters. The van der Waals surface area contributed by atoms with E-state index < -0.39 is 10.0 Å². The minimum atomic E-state index is -3.56. The molecular weight excluding hydrogens is 406 g/mol. The van der Waals surface area contributed by atoms with E-state index in [2.05, 4.69) is 20.7 Å². The molecule has 25 heavy (non-hydrogen) atoms. The van der Waals surface area contributed by atoms with Crippen LogP contribution in [0.5, 0.6) is 11.5 Å². The van der Waals surface area contributed by atoms with Gasteiger partial charge >= 0.3 is 0 Å². The van der Waals surface area contributed by atoms with Crippen LogP contribution >= 0.6 is 15.9 Å². The summed E-state index contributed by atoms with van der Waals surface area (Å²) in [6.07, 6.45) is 0.547. The second-order valence-electron chi connectivity index (χ2n) is 5.70. The summed E-state index contributed by atoms with van der Waals surface area (Å²) in [4.78, 5) is 0.289. The first kappa shape index (κ1) is 19.8. The van der Waals surface area contributed by atoms with Crippen molar-refractivity contribution in [1.29, 1.82) is 0 Å². The molecule has 2 aromatic carbocycles. The van der Waals surface area contributed by atoms with Gasteiger partial charge in [-0.2, -0.15) is 0 Å². The molecule has 1 N–H and O–H groups in total. The third-order valence-corrected chi connectivity index (χ3v) is 6.36. The van der Waals surface area contributed by atoms with Gasteiger partial charge in [-0.3, -0.25) is 0 Å². The maximum atomic E-state index is 12.6. The summed E-state index contributed by atoms with van der Waals surface area (Å²) in [7, 11) is -0.416. The van der Waals surface area contributed by atoms with E-state index in [-0.39, 0.29) is 4.90 Å². The van der Waals surface area contributed by atoms with Crippen LogP contribution in [0.1, 0.15) is 16.7 Å². The van der Waals surface area contributed by atoms with Gasteiger partial charge in [0.1, 0.15) is 0 Å². The van der Waals surface area contributed by atoms with Gasteiger partial charge in [0.25, 0.3) is 0 Å². The molecule has 0 amide bonds. The lowest BCUT2D eigenvalue weighted by Gasteiger charge is -2.12. The zero-order valence-electron chi connectivity index (χ0n) is 14.7. The highest BCUT2D eigenvalue weighted by Gasteiger charge is 2.17. The van der Waals surface area contributed by atoms with E-state index in [1.165, 1.54) is 0 Å². The number of methoxy groups -OCH3 is 2. The first-order chi connectivity index (χ1) is 11.8. The second-order valence-corrected chi connectivity index (χ2v) is 8.29. The summed E-state index contributed by atoms with van der Waals surface area (Å²) in [6.45, 7) is 4.02. The van der Waals surface area contributed by atoms with Crippen LogP contribution in [0.15, 0.2) is 39.7 Å². The molecule has 0 saturated heterocycles. The number of ether oxygens (including phenoxy) is 2. The van der Waals surface area contributed by atoms with Gasteiger partial charge in [0.15, 0.2) is 11.5 Å². The van der Waals surface area contributed by atoms with E-state index in [0.29, 0.717) is 24.5 Å². The van der Waals surface area contributed by atoms with E-state index in [9.17, 15) is 8.42 Å². The largest absolute Gasteiger partial charge is 0.493 e. The molecule has 0 aliphatic carbocycles. The minimum Gasteiger partial charge on any atom is -0.493 e. The Morgan fingerprint density at radius 1 is 1.00 bits per heavy atom. The number of hydrogen-bond donors (Lipinski definition) is 1. The van der Waals surface area contributed by atoms with Crippen LogP contribution in [0, 0.1) is 13.8 Å². The summed E-state index contributed by atoms with van der Waals surface area (Å²) in [5, 5.41) is 0. The SMILES string of the molecule is COc1ccc(CCNS(=O)(=O)c2cc(Br)c(C)cc2C)cc1OC. The van der Waals surface area contributed by atoms with Crippen molar-refractivity contribution >= 4 is 26.0 Å². The standard InChI is InChI=1S/C18H22BrNO4S/c1-12-9-13(2)18(11-15(12)19)25(21,22)20-8-7-14-5-6-16(23-3)17(10-14)24-4/h5-6,9-11,20H,7-8H2,1-4H3. The maximum absolute atomic E-state index is 12.6. The Labute approximate surface area is 157 Å². The number of rotatable bonds is 7. The van der Waals surface area contributed by atoms with Gasteiger partial charge in [0, 0.05) is 11.0 Å². The highest BCUT2D eigenvalue weighted by Crippen LogP contribution is 2.28. The topological polar surface area (TPSA) is 64.6 Å². The van der Waals surface area contributed by atoms with Crippen molar-refractivity contribution in [2.45, 2.75) is 25.2 Å². The lowest BCUT2D eigenvalue weighted by Crippen LogP contribution is -2.26. The van der Waals surface area contributed by atoms with E-state index >= 15 is 0 Å². The monoisotopic (exact) mass is 427 g/mol. The second kappa shape index (κ2) is 8.21. The Morgan fingerprint density at radius 2 is 1.68 bits per heavy atom. The normalized spacial score (nSPS) is 11.4. The van der Waals surface area contributed by atoms with Crippen molar-refractivity contribution in [3.05, 3.63) is 51.5 Å². The zero-order chi connectivity index (χ0) is 18.6. The average Bonchev–Trinajstić information content (AvgIpc) is 2.57. The molecule has 2 rings (SSSR count). The Balaban J connectivity index is 2.10. The Kier molecular flexibility index (Phi) is 6.48. The molecule has 0 saturated carbocycles. The number of aryl methyl sites for hydroxylation is 2. The van der Waals surface area contributed by atoms with Crippen molar-refractivity contribution in [2.75, 3.05) is 20.8 Å². The third-order valence-electron chi connectivity index (χ3n) is 3.90. The number of hydrogen-bond acceptors (Lipinski definition) is 4. The predicted molar refractivity (Wildman–Crippen MR) is 102 cm³/mol. The highest BCUT2D eigenvalue weighted by atomic mass is 79.9. The summed E-state index contributed by atoms with van der Waals surface area (Å²) in [5.41, 5.74) is 2.68. The third kappa shape index (κ3) is 4.74. The molecule has 7 heteroatoms. The van der Waals surface area contributed by atoms with Crippen LogP contribution < -0.4 is 14.2 Å². The average molecular weight is 428 g/mol. The lowest BCUT2D eigenvalue weighted by molar-refractivity contribution is 0.354. The van der Waals surface area contributed by atoms with Crippen molar-refractivity contribution in [2.24, 2.45) is 0 Å². The Bertz CT molecular complexity index is 866. The smallest absolute Gasteiger partial charge is 0.240 e. The molecule has 0 bridgehead atoms. The van der Waals surface area contributed by atoms with Gasteiger partial charge in [-0.1, -0.05) is 28.1 Å². The Morgan fingerprint density at radius 3 is 2.32 bits per heavy atom. The van der Waals surface area contributed by atoms with Crippen LogP contribution in [0.2, 0.25) is 0 Å². The van der Waals surface area contributed by atoms with E-state index in [1.54, 1.807) is 27.2 Å². The summed E-state index contributed by atoms with van der Waals surface area (Å²) < 4.78 is 39.0. The molecule has 0 aromatic heterocycles. The van der Waals surface area contributed by atoms with Gasteiger partial charge in [0.05, 0.1) is 19.1 Å². The van der Waals surface area contributed by atoms with Gasteiger partial charge < -0.3 is 9.47 Å². The molecule has 0 aliphatic rings. The van der Waals surface area contributed by atoms with Gasteiger partial charge in [-0.25, -0.2) is 13.1 Å². The number of nitrogens with one attached hydrogen (secondary N) is 1. The Hall–Kier alpha value is -1.57. The van der Waals surface area contributed by atoms with Crippen LogP contribution in [-0.4, -0.2) is 29.2 Å². The van der Waals surface area contributed by atoms with Crippen LogP contribution in [0.25, 0.3) is 0 Å². The zero-order valence-corrected chi connectivity index (χ0v) is 17.1. The highest BCUT2D eigenvalue weighted by molar-refractivity contribution is 9.10. The summed E-state index contributed by atoms with van der Waals surface area (Å²) >= 11 is 3.39. The van der Waals surface area contributed by atoms with Gasteiger partial charge in [-0.05, 0) is 55.2 Å². The molecule has 0 heterocycles. The number of sulfonamides is 1. The maximum Gasteiger partial charge on any atom is 0.240 e. The summed E-state index contributed by atoms with van der Waals surface area (Å²) in [5.74, 6) is 1.27. The molecule has 0 radical (unpaired) electrons. The molecule has 0 fully saturated rings. The van der Waals surface area contributed by atoms with Crippen molar-refractivity contribution in [3.63, 3.8) is 0 Å². The van der Waals surface area contributed by atoms with Crippen LogP contribution in [0.3, 0.4) is 0 Å². The molecule has 136 valence electrons. The van der Waals surface area contributed by atoms with E-state index in [1.807, 2.05) is 31.2 Å². The molecule has 0 unspecified atom stereocenters. The minimum absolute atomic E-state index is 0.289. The molecular formula is C18H22BrNO4S. The van der Waals surface area contributed by atoms with Crippen LogP contribution in [0.4, 0.5) is 0 Å². The number of benzene rings is 2. The number of halogens is 1. The summed E-state index contributed by atoms with van der Waals surface area (Å²) in [6, 6.07) is 9.05. The van der Waals surface area contributed by atoms with Crippen molar-refractivity contribution in [1.82, 2.24) is 4.72 Å². The fourth-order valence-corrected chi connectivity index (χ4v) is 4.32. The van der Waals surface area contributed by atoms with Gasteiger partial charge in [-0.15, -0.1) is 0 Å². The molecule has 5 nitrogen and oxygen atoms in total. The van der Waals surface area contributed by atoms with Crippen LogP contribution in [-0.2, 0) is 16.4 Å². The lowest BCUT2D eigenvalue weighted by atomic mass is 10.1. The van der Waals surface area contributed by atoms with Crippen molar-refractivity contribution < 1.29 is 17.9 Å². The quantitative estimate of drug-likeness (QED) is 0.732. The van der Waals surface area contributed by atoms with Gasteiger partial charge in [0.2, 0.25) is 10.0 Å². The molecule has 0 aliphatic heterocycles. The first-order valence-electron chi connectivity index (χ1n) is 7.76.